The Bertz CT molecular complexity index is 671. The van der Waals surface area contributed by atoms with Crippen LogP contribution in [0.15, 0.2) is 60.7 Å². The number of rotatable bonds is 6. The summed E-state index contributed by atoms with van der Waals surface area (Å²) in [5, 5.41) is 10.4. The summed E-state index contributed by atoms with van der Waals surface area (Å²) in [6.07, 6.45) is 2.12. The molecule has 136 valence electrons. The topological polar surface area (TPSA) is 30.3 Å². The van der Waals surface area contributed by atoms with Crippen molar-refractivity contribution in [3.05, 3.63) is 71.8 Å². The highest BCUT2D eigenvalue weighted by Crippen LogP contribution is 2.43. The van der Waals surface area contributed by atoms with Gasteiger partial charge in [-0.1, -0.05) is 60.7 Å². The molecular weight excluding hydrogens is 318 g/mol. The summed E-state index contributed by atoms with van der Waals surface area (Å²) in [5.74, 6) is 0.341. The Balaban J connectivity index is 1.88. The quantitative estimate of drug-likeness (QED) is 0.797. The SMILES string of the molecule is CN(C)CCN1CCC(C(C#N)(c2ccccc2)c2ccccc2)CC1. The molecule has 1 aliphatic heterocycles. The Labute approximate surface area is 157 Å². The molecule has 0 aliphatic carbocycles. The number of benzene rings is 2. The fraction of sp³-hybridized carbons (Fsp3) is 0.435. The van der Waals surface area contributed by atoms with E-state index >= 15 is 0 Å². The molecule has 1 heterocycles. The van der Waals surface area contributed by atoms with Crippen LogP contribution in [0, 0.1) is 17.2 Å². The maximum absolute atomic E-state index is 10.4. The highest BCUT2D eigenvalue weighted by Gasteiger charge is 2.43. The average molecular weight is 348 g/mol. The van der Waals surface area contributed by atoms with Gasteiger partial charge in [-0.2, -0.15) is 5.26 Å². The van der Waals surface area contributed by atoms with E-state index < -0.39 is 5.41 Å². The first kappa shape index (κ1) is 18.6. The lowest BCUT2D eigenvalue weighted by molar-refractivity contribution is 0.149. The molecule has 0 N–H and O–H groups in total. The zero-order chi connectivity index (χ0) is 18.4. The van der Waals surface area contributed by atoms with Crippen molar-refractivity contribution in [1.82, 2.24) is 9.80 Å². The zero-order valence-electron chi connectivity index (χ0n) is 15.9. The van der Waals surface area contributed by atoms with Gasteiger partial charge in [-0.25, -0.2) is 0 Å². The van der Waals surface area contributed by atoms with Crippen molar-refractivity contribution in [2.75, 3.05) is 40.3 Å². The second-order valence-corrected chi connectivity index (χ2v) is 7.57. The highest BCUT2D eigenvalue weighted by molar-refractivity contribution is 5.47. The van der Waals surface area contributed by atoms with E-state index in [9.17, 15) is 5.26 Å². The number of likely N-dealkylation sites (tertiary alicyclic amines) is 1. The molecule has 2 aromatic rings. The molecule has 26 heavy (non-hydrogen) atoms. The lowest BCUT2D eigenvalue weighted by Gasteiger charge is -2.41. The molecule has 0 atom stereocenters. The van der Waals surface area contributed by atoms with Crippen LogP contribution < -0.4 is 0 Å². The van der Waals surface area contributed by atoms with Gasteiger partial charge in [0, 0.05) is 13.1 Å². The monoisotopic (exact) mass is 347 g/mol. The van der Waals surface area contributed by atoms with Gasteiger partial charge in [0.15, 0.2) is 0 Å². The molecule has 3 rings (SSSR count). The van der Waals surface area contributed by atoms with Crippen molar-refractivity contribution in [3.8, 4) is 6.07 Å². The standard InChI is InChI=1S/C23H29N3/c1-25(2)17-18-26-15-13-22(14-16-26)23(19-24,20-9-5-3-6-10-20)21-11-7-4-8-12-21/h3-12,22H,13-18H2,1-2H3. The number of nitriles is 1. The van der Waals surface area contributed by atoms with Gasteiger partial charge < -0.3 is 9.80 Å². The Hall–Kier alpha value is -2.15. The zero-order valence-corrected chi connectivity index (χ0v) is 15.9. The van der Waals surface area contributed by atoms with E-state index in [4.69, 9.17) is 0 Å². The number of piperidine rings is 1. The second-order valence-electron chi connectivity index (χ2n) is 7.57. The first-order valence-corrected chi connectivity index (χ1v) is 9.56. The Kier molecular flexibility index (Phi) is 6.08. The van der Waals surface area contributed by atoms with Gasteiger partial charge in [-0.15, -0.1) is 0 Å². The van der Waals surface area contributed by atoms with Crippen LogP contribution in [-0.2, 0) is 5.41 Å². The first-order valence-electron chi connectivity index (χ1n) is 9.56. The van der Waals surface area contributed by atoms with Crippen molar-refractivity contribution in [1.29, 1.82) is 5.26 Å². The summed E-state index contributed by atoms with van der Waals surface area (Å²) in [5.41, 5.74) is 1.69. The van der Waals surface area contributed by atoms with E-state index in [1.165, 1.54) is 0 Å². The Morgan fingerprint density at radius 3 is 1.88 bits per heavy atom. The smallest absolute Gasteiger partial charge is 0.110 e. The lowest BCUT2D eigenvalue weighted by Crippen LogP contribution is -2.45. The van der Waals surface area contributed by atoms with E-state index in [1.807, 2.05) is 12.1 Å². The Morgan fingerprint density at radius 1 is 0.962 bits per heavy atom. The van der Waals surface area contributed by atoms with Gasteiger partial charge in [-0.3, -0.25) is 0 Å². The van der Waals surface area contributed by atoms with Crippen molar-refractivity contribution in [2.45, 2.75) is 18.3 Å². The molecule has 3 heteroatoms. The molecule has 0 radical (unpaired) electrons. The molecule has 0 saturated carbocycles. The molecule has 1 saturated heterocycles. The minimum Gasteiger partial charge on any atom is -0.308 e. The van der Waals surface area contributed by atoms with Gasteiger partial charge in [0.25, 0.3) is 0 Å². The van der Waals surface area contributed by atoms with Crippen LogP contribution in [0.4, 0.5) is 0 Å². The van der Waals surface area contributed by atoms with Gasteiger partial charge >= 0.3 is 0 Å². The number of nitrogens with zero attached hydrogens (tertiary/aromatic N) is 3. The van der Waals surface area contributed by atoms with Gasteiger partial charge in [0.1, 0.15) is 5.41 Å². The van der Waals surface area contributed by atoms with Crippen molar-refractivity contribution >= 4 is 0 Å². The summed E-state index contributed by atoms with van der Waals surface area (Å²) in [4.78, 5) is 4.77. The summed E-state index contributed by atoms with van der Waals surface area (Å²) >= 11 is 0. The normalized spacial score (nSPS) is 16.5. The van der Waals surface area contributed by atoms with Crippen LogP contribution in [0.3, 0.4) is 0 Å². The maximum Gasteiger partial charge on any atom is 0.110 e. The van der Waals surface area contributed by atoms with E-state index in [1.54, 1.807) is 0 Å². The molecule has 0 spiro atoms. The maximum atomic E-state index is 10.4. The molecule has 1 aliphatic rings. The summed E-state index contributed by atoms with van der Waals surface area (Å²) in [6.45, 7) is 4.34. The number of hydrogen-bond donors (Lipinski definition) is 0. The minimum atomic E-state index is -0.559. The second kappa shape index (κ2) is 8.49. The minimum absolute atomic E-state index is 0.341. The van der Waals surface area contributed by atoms with Crippen LogP contribution >= 0.6 is 0 Å². The fourth-order valence-electron chi connectivity index (χ4n) is 4.19. The summed E-state index contributed by atoms with van der Waals surface area (Å²) < 4.78 is 0. The van der Waals surface area contributed by atoms with Crippen molar-refractivity contribution in [2.24, 2.45) is 5.92 Å². The lowest BCUT2D eigenvalue weighted by atomic mass is 9.64. The number of hydrogen-bond acceptors (Lipinski definition) is 3. The fourth-order valence-corrected chi connectivity index (χ4v) is 4.19. The summed E-state index contributed by atoms with van der Waals surface area (Å²) in [7, 11) is 4.25. The molecule has 0 bridgehead atoms. The summed E-state index contributed by atoms with van der Waals surface area (Å²) in [6, 6.07) is 23.5. The average Bonchev–Trinajstić information content (AvgIpc) is 2.70. The van der Waals surface area contributed by atoms with Crippen LogP contribution in [-0.4, -0.2) is 50.1 Å². The van der Waals surface area contributed by atoms with Crippen molar-refractivity contribution in [3.63, 3.8) is 0 Å². The van der Waals surface area contributed by atoms with Crippen LogP contribution in [0.25, 0.3) is 0 Å². The predicted octanol–water partition coefficient (Wildman–Crippen LogP) is 3.77. The van der Waals surface area contributed by atoms with Gasteiger partial charge in [-0.05, 0) is 57.1 Å². The molecule has 1 fully saturated rings. The molecule has 2 aromatic carbocycles. The third kappa shape index (κ3) is 3.82. The molecule has 0 unspecified atom stereocenters. The molecule has 0 amide bonds. The van der Waals surface area contributed by atoms with Crippen LogP contribution in [0.1, 0.15) is 24.0 Å². The van der Waals surface area contributed by atoms with Crippen LogP contribution in [0.2, 0.25) is 0 Å². The largest absolute Gasteiger partial charge is 0.308 e. The van der Waals surface area contributed by atoms with E-state index in [0.29, 0.717) is 5.92 Å². The third-order valence-corrected chi connectivity index (χ3v) is 5.70. The number of likely N-dealkylation sites (N-methyl/N-ethyl adjacent to an activating group) is 1. The molecule has 3 nitrogen and oxygen atoms in total. The Morgan fingerprint density at radius 2 is 1.46 bits per heavy atom. The first-order chi connectivity index (χ1) is 12.7. The van der Waals surface area contributed by atoms with E-state index in [0.717, 1.165) is 50.1 Å². The van der Waals surface area contributed by atoms with E-state index in [-0.39, 0.29) is 0 Å². The third-order valence-electron chi connectivity index (χ3n) is 5.70. The molecular formula is C23H29N3. The van der Waals surface area contributed by atoms with Crippen LogP contribution in [0.5, 0.6) is 0 Å². The van der Waals surface area contributed by atoms with Gasteiger partial charge in [0.05, 0.1) is 6.07 Å². The molecule has 0 aromatic heterocycles. The highest BCUT2D eigenvalue weighted by atomic mass is 15.2. The van der Waals surface area contributed by atoms with Crippen molar-refractivity contribution < 1.29 is 0 Å². The van der Waals surface area contributed by atoms with E-state index in [2.05, 4.69) is 78.5 Å². The predicted molar refractivity (Wildman–Crippen MR) is 107 cm³/mol. The van der Waals surface area contributed by atoms with Gasteiger partial charge in [0.2, 0.25) is 0 Å².